The van der Waals surface area contributed by atoms with E-state index in [9.17, 15) is 18.0 Å². The van der Waals surface area contributed by atoms with Gasteiger partial charge in [-0.25, -0.2) is 13.1 Å². The highest BCUT2D eigenvalue weighted by Gasteiger charge is 2.12. The summed E-state index contributed by atoms with van der Waals surface area (Å²) >= 11 is 0. The zero-order valence-corrected chi connectivity index (χ0v) is 10.2. The van der Waals surface area contributed by atoms with Crippen molar-refractivity contribution in [3.05, 3.63) is 0 Å². The molecule has 0 unspecified atom stereocenters. The lowest BCUT2D eigenvalue weighted by molar-refractivity contribution is -0.137. The largest absolute Gasteiger partial charge is 0.480 e. The van der Waals surface area contributed by atoms with Gasteiger partial charge in [0, 0.05) is 13.7 Å². The van der Waals surface area contributed by atoms with Crippen LogP contribution < -0.4 is 10.0 Å². The van der Waals surface area contributed by atoms with E-state index in [0.717, 1.165) is 0 Å². The lowest BCUT2D eigenvalue weighted by Crippen LogP contribution is -2.39. The summed E-state index contributed by atoms with van der Waals surface area (Å²) in [7, 11) is -2.07. The zero-order valence-electron chi connectivity index (χ0n) is 9.43. The summed E-state index contributed by atoms with van der Waals surface area (Å²) in [6, 6.07) is 0. The number of amides is 1. The smallest absolute Gasteiger partial charge is 0.322 e. The predicted octanol–water partition coefficient (Wildman–Crippen LogP) is -1.86. The number of aliphatic carboxylic acids is 1. The number of carboxylic acid groups (broad SMARTS) is 1. The third-order valence-corrected chi connectivity index (χ3v) is 3.06. The fourth-order valence-electron chi connectivity index (χ4n) is 0.878. The fraction of sp³-hybridized carbons (Fsp3) is 0.750. The van der Waals surface area contributed by atoms with Gasteiger partial charge >= 0.3 is 5.97 Å². The van der Waals surface area contributed by atoms with Gasteiger partial charge < -0.3 is 15.2 Å². The quantitative estimate of drug-likeness (QED) is 0.422. The molecule has 3 N–H and O–H groups in total. The molecule has 0 saturated carbocycles. The van der Waals surface area contributed by atoms with Crippen LogP contribution in [0.2, 0.25) is 0 Å². The Hall–Kier alpha value is -1.19. The van der Waals surface area contributed by atoms with Crippen LogP contribution in [0.15, 0.2) is 0 Å². The minimum absolute atomic E-state index is 0.146. The molecule has 0 bridgehead atoms. The minimum Gasteiger partial charge on any atom is -0.480 e. The third kappa shape index (κ3) is 9.72. The van der Waals surface area contributed by atoms with Crippen molar-refractivity contribution in [3.63, 3.8) is 0 Å². The Morgan fingerprint density at radius 3 is 2.47 bits per heavy atom. The van der Waals surface area contributed by atoms with Crippen LogP contribution in [0.1, 0.15) is 6.42 Å². The molecule has 0 radical (unpaired) electrons. The van der Waals surface area contributed by atoms with Gasteiger partial charge in [-0.05, 0) is 6.42 Å². The van der Waals surface area contributed by atoms with Gasteiger partial charge in [0.15, 0.2) is 0 Å². The van der Waals surface area contributed by atoms with E-state index < -0.39 is 35.0 Å². The molecule has 0 fully saturated rings. The van der Waals surface area contributed by atoms with Crippen LogP contribution in [0.3, 0.4) is 0 Å². The van der Waals surface area contributed by atoms with Crippen molar-refractivity contribution in [1.29, 1.82) is 0 Å². The number of methoxy groups -OCH3 is 1. The number of sulfonamides is 1. The monoisotopic (exact) mass is 268 g/mol. The van der Waals surface area contributed by atoms with Gasteiger partial charge in [-0.2, -0.15) is 0 Å². The van der Waals surface area contributed by atoms with Crippen LogP contribution in [0, 0.1) is 0 Å². The maximum Gasteiger partial charge on any atom is 0.322 e. The predicted molar refractivity (Wildman–Crippen MR) is 58.9 cm³/mol. The molecular weight excluding hydrogens is 252 g/mol. The number of ether oxygens (including phenoxy) is 1. The van der Waals surface area contributed by atoms with Gasteiger partial charge in [-0.1, -0.05) is 0 Å². The minimum atomic E-state index is -3.53. The number of hydrogen-bond acceptors (Lipinski definition) is 5. The van der Waals surface area contributed by atoms with Crippen molar-refractivity contribution in [2.24, 2.45) is 0 Å². The summed E-state index contributed by atoms with van der Waals surface area (Å²) in [4.78, 5) is 21.1. The van der Waals surface area contributed by atoms with Gasteiger partial charge in [-0.15, -0.1) is 0 Å². The lowest BCUT2D eigenvalue weighted by Gasteiger charge is -2.06. The molecule has 0 aromatic carbocycles. The van der Waals surface area contributed by atoms with E-state index in [1.165, 1.54) is 7.11 Å². The number of carbonyl (C=O) groups excluding carboxylic acids is 1. The molecule has 9 heteroatoms. The highest BCUT2D eigenvalue weighted by atomic mass is 32.2. The molecule has 100 valence electrons. The molecule has 0 aliphatic carbocycles. The second kappa shape index (κ2) is 7.98. The van der Waals surface area contributed by atoms with E-state index >= 15 is 0 Å². The average molecular weight is 268 g/mol. The van der Waals surface area contributed by atoms with E-state index in [-0.39, 0.29) is 5.75 Å². The second-order valence-electron chi connectivity index (χ2n) is 3.16. The van der Waals surface area contributed by atoms with E-state index in [2.05, 4.69) is 4.72 Å². The number of hydrogen-bond donors (Lipinski definition) is 3. The number of carbonyl (C=O) groups is 2. The van der Waals surface area contributed by atoms with Crippen LogP contribution >= 0.6 is 0 Å². The molecule has 8 nitrogen and oxygen atoms in total. The maximum atomic E-state index is 11.3. The van der Waals surface area contributed by atoms with Crippen LogP contribution in [-0.2, 0) is 24.3 Å². The van der Waals surface area contributed by atoms with Gasteiger partial charge in [0.05, 0.1) is 12.3 Å². The summed E-state index contributed by atoms with van der Waals surface area (Å²) in [5.74, 6) is -2.03. The standard InChI is InChI=1S/C8H16N2O6S/c1-16-3-2-4-17(14,15)10-5-7(11)9-6-8(12)13/h10H,2-6H2,1H3,(H,9,11)(H,12,13). The van der Waals surface area contributed by atoms with Crippen LogP contribution in [0.5, 0.6) is 0 Å². The SMILES string of the molecule is COCCCS(=O)(=O)NCC(=O)NCC(=O)O. The molecule has 0 spiro atoms. The number of nitrogens with one attached hydrogen (secondary N) is 2. The van der Waals surface area contributed by atoms with E-state index in [0.29, 0.717) is 13.0 Å². The van der Waals surface area contributed by atoms with Gasteiger partial charge in [0.25, 0.3) is 0 Å². The second-order valence-corrected chi connectivity index (χ2v) is 5.08. The molecule has 17 heavy (non-hydrogen) atoms. The molecule has 1 amide bonds. The van der Waals surface area contributed by atoms with Crippen molar-refractivity contribution in [2.75, 3.05) is 32.6 Å². The van der Waals surface area contributed by atoms with Crippen molar-refractivity contribution in [2.45, 2.75) is 6.42 Å². The van der Waals surface area contributed by atoms with Crippen molar-refractivity contribution < 1.29 is 27.9 Å². The highest BCUT2D eigenvalue weighted by Crippen LogP contribution is 1.89. The first-order valence-electron chi connectivity index (χ1n) is 4.82. The Labute approximate surface area is 99.4 Å². The molecule has 0 aliphatic heterocycles. The molecule has 0 aromatic heterocycles. The fourth-order valence-corrected chi connectivity index (χ4v) is 1.87. The van der Waals surface area contributed by atoms with Crippen LogP contribution in [0.4, 0.5) is 0 Å². The van der Waals surface area contributed by atoms with E-state index in [1.54, 1.807) is 0 Å². The first-order chi connectivity index (χ1) is 7.87. The summed E-state index contributed by atoms with van der Waals surface area (Å²) in [6.07, 6.45) is 0.322. The molecule has 0 rings (SSSR count). The van der Waals surface area contributed by atoms with Crippen LogP contribution in [-0.4, -0.2) is 58.0 Å². The molecule has 0 saturated heterocycles. The lowest BCUT2D eigenvalue weighted by atomic mass is 10.5. The normalized spacial score (nSPS) is 11.1. The molecule has 0 heterocycles. The molecule has 0 atom stereocenters. The first kappa shape index (κ1) is 15.8. The van der Waals surface area contributed by atoms with Crippen molar-refractivity contribution in [1.82, 2.24) is 10.0 Å². The first-order valence-corrected chi connectivity index (χ1v) is 6.47. The Kier molecular flexibility index (Phi) is 7.42. The summed E-state index contributed by atoms with van der Waals surface area (Å²) in [5, 5.41) is 10.3. The van der Waals surface area contributed by atoms with Gasteiger partial charge in [-0.3, -0.25) is 9.59 Å². The van der Waals surface area contributed by atoms with Crippen molar-refractivity contribution >= 4 is 21.9 Å². The van der Waals surface area contributed by atoms with Crippen molar-refractivity contribution in [3.8, 4) is 0 Å². The number of carboxylic acids is 1. The van der Waals surface area contributed by atoms with Crippen LogP contribution in [0.25, 0.3) is 0 Å². The third-order valence-electron chi connectivity index (χ3n) is 1.65. The van der Waals surface area contributed by atoms with Gasteiger partial charge in [0.2, 0.25) is 15.9 Å². The van der Waals surface area contributed by atoms with Gasteiger partial charge in [0.1, 0.15) is 6.54 Å². The molecule has 0 aromatic rings. The average Bonchev–Trinajstić information content (AvgIpc) is 2.24. The Balaban J connectivity index is 3.84. The topological polar surface area (TPSA) is 122 Å². The number of rotatable bonds is 9. The Morgan fingerprint density at radius 1 is 1.29 bits per heavy atom. The van der Waals surface area contributed by atoms with E-state index in [4.69, 9.17) is 9.84 Å². The van der Waals surface area contributed by atoms with E-state index in [1.807, 2.05) is 5.32 Å². The maximum absolute atomic E-state index is 11.3. The highest BCUT2D eigenvalue weighted by molar-refractivity contribution is 7.89. The summed E-state index contributed by atoms with van der Waals surface area (Å²) < 4.78 is 29.3. The Morgan fingerprint density at radius 2 is 1.94 bits per heavy atom. The summed E-state index contributed by atoms with van der Waals surface area (Å²) in [5.41, 5.74) is 0. The molecule has 0 aliphatic rings. The zero-order chi connectivity index (χ0) is 13.3. The Bertz CT molecular complexity index is 353. The summed E-state index contributed by atoms with van der Waals surface area (Å²) in [6.45, 7) is -0.695. The molecular formula is C8H16N2O6S.